The van der Waals surface area contributed by atoms with Crippen molar-refractivity contribution in [2.75, 3.05) is 19.6 Å². The maximum atomic E-state index is 13.0. The van der Waals surface area contributed by atoms with E-state index < -0.39 is 11.9 Å². The first kappa shape index (κ1) is 23.6. The highest BCUT2D eigenvalue weighted by atomic mass is 35.5. The molecule has 0 saturated carbocycles. The molecular weight excluding hydrogens is 433 g/mol. The average molecular weight is 462 g/mol. The molecule has 0 bridgehead atoms. The normalized spacial score (nSPS) is 16.2. The largest absolute Gasteiger partial charge is 0.352 e. The quantitative estimate of drug-likeness (QED) is 0.598. The number of hydrogen-bond acceptors (Lipinski definition) is 3. The molecule has 1 aliphatic heterocycles. The molecule has 5 nitrogen and oxygen atoms in total. The summed E-state index contributed by atoms with van der Waals surface area (Å²) >= 11 is 12.1. The van der Waals surface area contributed by atoms with Gasteiger partial charge in [-0.05, 0) is 55.6 Å². The Morgan fingerprint density at radius 3 is 2.32 bits per heavy atom. The number of nitrogens with one attached hydrogen (secondary N) is 2. The summed E-state index contributed by atoms with van der Waals surface area (Å²) in [6, 6.07) is 14.4. The summed E-state index contributed by atoms with van der Waals surface area (Å²) in [5.41, 5.74) is 1.48. The molecule has 31 heavy (non-hydrogen) atoms. The molecule has 0 unspecified atom stereocenters. The van der Waals surface area contributed by atoms with Gasteiger partial charge in [0.2, 0.25) is 5.91 Å². The average Bonchev–Trinajstić information content (AvgIpc) is 3.27. The van der Waals surface area contributed by atoms with E-state index in [-0.39, 0.29) is 22.9 Å². The van der Waals surface area contributed by atoms with Gasteiger partial charge in [-0.1, -0.05) is 67.4 Å². The van der Waals surface area contributed by atoms with E-state index in [0.717, 1.165) is 13.1 Å². The van der Waals surface area contributed by atoms with E-state index >= 15 is 0 Å². The zero-order valence-electron chi connectivity index (χ0n) is 17.9. The molecular formula is C24H29Cl2N3O2. The van der Waals surface area contributed by atoms with Gasteiger partial charge in [0.1, 0.15) is 6.04 Å². The fourth-order valence-corrected chi connectivity index (χ4v) is 4.42. The number of nitrogens with zero attached hydrogens (tertiary/aromatic N) is 1. The van der Waals surface area contributed by atoms with Gasteiger partial charge in [0.25, 0.3) is 5.91 Å². The lowest BCUT2D eigenvalue weighted by Crippen LogP contribution is -2.51. The number of carbonyl (C=O) groups excluding carboxylic acids is 2. The number of halogens is 2. The van der Waals surface area contributed by atoms with Gasteiger partial charge in [0, 0.05) is 11.6 Å². The molecule has 0 spiro atoms. The molecule has 2 amide bonds. The molecule has 2 aromatic rings. The van der Waals surface area contributed by atoms with Crippen molar-refractivity contribution in [3.8, 4) is 0 Å². The van der Waals surface area contributed by atoms with Crippen molar-refractivity contribution in [1.29, 1.82) is 0 Å². The summed E-state index contributed by atoms with van der Waals surface area (Å²) in [6.07, 6.45) is 2.34. The van der Waals surface area contributed by atoms with Gasteiger partial charge in [0.15, 0.2) is 0 Å². The molecule has 0 aliphatic carbocycles. The predicted octanol–water partition coefficient (Wildman–Crippen LogP) is 4.70. The number of carbonyl (C=O) groups is 2. The summed E-state index contributed by atoms with van der Waals surface area (Å²) in [5, 5.41) is 6.61. The summed E-state index contributed by atoms with van der Waals surface area (Å²) < 4.78 is 0. The number of amides is 2. The molecule has 0 aromatic heterocycles. The van der Waals surface area contributed by atoms with Crippen LogP contribution in [0.25, 0.3) is 0 Å². The van der Waals surface area contributed by atoms with Crippen LogP contribution in [0, 0.1) is 5.92 Å². The first-order valence-corrected chi connectivity index (χ1v) is 11.4. The zero-order valence-corrected chi connectivity index (χ0v) is 19.4. The lowest BCUT2D eigenvalue weighted by atomic mass is 10.0. The van der Waals surface area contributed by atoms with E-state index in [1.165, 1.54) is 24.5 Å². The van der Waals surface area contributed by atoms with Crippen LogP contribution in [0.5, 0.6) is 0 Å². The molecule has 166 valence electrons. The van der Waals surface area contributed by atoms with E-state index in [0.29, 0.717) is 17.1 Å². The van der Waals surface area contributed by atoms with Crippen molar-refractivity contribution in [3.63, 3.8) is 0 Å². The minimum atomic E-state index is -0.672. The second-order valence-corrected chi connectivity index (χ2v) is 9.08. The Hall–Kier alpha value is -2.08. The Labute approximate surface area is 194 Å². The number of likely N-dealkylation sites (tertiary alicyclic amines) is 1. The summed E-state index contributed by atoms with van der Waals surface area (Å²) in [7, 11) is 0. The molecule has 1 heterocycles. The van der Waals surface area contributed by atoms with Gasteiger partial charge >= 0.3 is 0 Å². The third kappa shape index (κ3) is 6.22. The van der Waals surface area contributed by atoms with Crippen molar-refractivity contribution in [1.82, 2.24) is 15.5 Å². The first-order chi connectivity index (χ1) is 14.9. The third-order valence-corrected chi connectivity index (χ3v) is 6.19. The van der Waals surface area contributed by atoms with Crippen molar-refractivity contribution in [2.24, 2.45) is 5.92 Å². The van der Waals surface area contributed by atoms with E-state index in [2.05, 4.69) is 27.7 Å². The molecule has 2 atom stereocenters. The van der Waals surface area contributed by atoms with Crippen molar-refractivity contribution >= 4 is 35.0 Å². The second kappa shape index (κ2) is 11.0. The molecule has 2 N–H and O–H groups in total. The minimum Gasteiger partial charge on any atom is -0.352 e. The molecule has 1 fully saturated rings. The van der Waals surface area contributed by atoms with Crippen LogP contribution in [0.15, 0.2) is 48.5 Å². The molecule has 1 saturated heterocycles. The van der Waals surface area contributed by atoms with E-state index in [1.807, 2.05) is 32.0 Å². The van der Waals surface area contributed by atoms with Crippen LogP contribution < -0.4 is 10.6 Å². The van der Waals surface area contributed by atoms with Crippen LogP contribution >= 0.6 is 23.2 Å². The fourth-order valence-electron chi connectivity index (χ4n) is 3.92. The predicted molar refractivity (Wildman–Crippen MR) is 126 cm³/mol. The monoisotopic (exact) mass is 461 g/mol. The van der Waals surface area contributed by atoms with Gasteiger partial charge in [-0.3, -0.25) is 14.5 Å². The fraction of sp³-hybridized carbons (Fsp3) is 0.417. The van der Waals surface area contributed by atoms with Gasteiger partial charge < -0.3 is 10.6 Å². The molecule has 0 radical (unpaired) electrons. The maximum absolute atomic E-state index is 13.0. The number of rotatable bonds is 8. The van der Waals surface area contributed by atoms with Crippen LogP contribution in [0.1, 0.15) is 48.7 Å². The highest BCUT2D eigenvalue weighted by Crippen LogP contribution is 2.25. The Bertz CT molecular complexity index is 899. The van der Waals surface area contributed by atoms with Crippen LogP contribution in [0.2, 0.25) is 10.0 Å². The third-order valence-electron chi connectivity index (χ3n) is 5.65. The van der Waals surface area contributed by atoms with Gasteiger partial charge in [-0.25, -0.2) is 0 Å². The second-order valence-electron chi connectivity index (χ2n) is 8.23. The highest BCUT2D eigenvalue weighted by molar-refractivity contribution is 6.36. The SMILES string of the molecule is CC(C)[C@H](NC(=O)c1ccc(Cl)cc1Cl)C(=O)NC[C@H](c1ccccc1)N1CCCC1. The Morgan fingerprint density at radius 1 is 1.03 bits per heavy atom. The van der Waals surface area contributed by atoms with E-state index in [1.54, 1.807) is 12.1 Å². The van der Waals surface area contributed by atoms with Crippen LogP contribution in [0.4, 0.5) is 0 Å². The standard InChI is InChI=1S/C24H29Cl2N3O2/c1-16(2)22(28-23(30)19-11-10-18(25)14-20(19)26)24(31)27-15-21(29-12-6-7-13-29)17-8-4-3-5-9-17/h3-5,8-11,14,16,21-22H,6-7,12-13,15H2,1-2H3,(H,27,31)(H,28,30)/t21-,22+/m1/s1. The summed E-state index contributed by atoms with van der Waals surface area (Å²) in [4.78, 5) is 28.2. The van der Waals surface area contributed by atoms with Crippen molar-refractivity contribution < 1.29 is 9.59 Å². The smallest absolute Gasteiger partial charge is 0.253 e. The van der Waals surface area contributed by atoms with Gasteiger partial charge in [0.05, 0.1) is 16.6 Å². The highest BCUT2D eigenvalue weighted by Gasteiger charge is 2.28. The topological polar surface area (TPSA) is 61.4 Å². The maximum Gasteiger partial charge on any atom is 0.253 e. The molecule has 1 aliphatic rings. The molecule has 7 heteroatoms. The van der Waals surface area contributed by atoms with E-state index in [9.17, 15) is 9.59 Å². The summed E-state index contributed by atoms with van der Waals surface area (Å²) in [5.74, 6) is -0.680. The Balaban J connectivity index is 1.68. The van der Waals surface area contributed by atoms with Crippen LogP contribution in [-0.2, 0) is 4.79 Å². The van der Waals surface area contributed by atoms with Crippen molar-refractivity contribution in [2.45, 2.75) is 38.8 Å². The van der Waals surface area contributed by atoms with Gasteiger partial charge in [-0.2, -0.15) is 0 Å². The van der Waals surface area contributed by atoms with Crippen LogP contribution in [-0.4, -0.2) is 42.4 Å². The number of benzene rings is 2. The summed E-state index contributed by atoms with van der Waals surface area (Å²) in [6.45, 7) is 6.35. The zero-order chi connectivity index (χ0) is 22.4. The minimum absolute atomic E-state index is 0.0861. The Kier molecular flexibility index (Phi) is 8.35. The lowest BCUT2D eigenvalue weighted by molar-refractivity contribution is -0.124. The Morgan fingerprint density at radius 2 is 1.71 bits per heavy atom. The van der Waals surface area contributed by atoms with E-state index in [4.69, 9.17) is 23.2 Å². The number of hydrogen-bond donors (Lipinski definition) is 2. The first-order valence-electron chi connectivity index (χ1n) is 10.7. The van der Waals surface area contributed by atoms with Crippen LogP contribution in [0.3, 0.4) is 0 Å². The molecule has 2 aromatic carbocycles. The van der Waals surface area contributed by atoms with Crippen molar-refractivity contribution in [3.05, 3.63) is 69.7 Å². The van der Waals surface area contributed by atoms with Gasteiger partial charge in [-0.15, -0.1) is 0 Å². The molecule has 3 rings (SSSR count). The lowest BCUT2D eigenvalue weighted by Gasteiger charge is -2.29.